The van der Waals surface area contributed by atoms with Crippen LogP contribution in [0.5, 0.6) is 11.5 Å². The molecular weight excluding hydrogens is 532 g/mol. The Morgan fingerprint density at radius 3 is 2.40 bits per heavy atom. The zero-order chi connectivity index (χ0) is 21.5. The summed E-state index contributed by atoms with van der Waals surface area (Å²) in [6.45, 7) is 4.94. The highest BCUT2D eigenvalue weighted by atomic mass is 127. The van der Waals surface area contributed by atoms with Crippen molar-refractivity contribution < 1.29 is 9.47 Å². The first-order valence-corrected chi connectivity index (χ1v) is 11.5. The number of aryl methyl sites for hydroxylation is 1. The monoisotopic (exact) mass is 553 g/mol. The van der Waals surface area contributed by atoms with Gasteiger partial charge in [0, 0.05) is 21.8 Å². The summed E-state index contributed by atoms with van der Waals surface area (Å²) in [4.78, 5) is 4.58. The average Bonchev–Trinajstić information content (AvgIpc) is 2.73. The van der Waals surface area contributed by atoms with Crippen LogP contribution in [0.1, 0.15) is 30.5 Å². The molecule has 0 bridgehead atoms. The van der Waals surface area contributed by atoms with Crippen LogP contribution < -0.4 is 9.47 Å². The predicted molar refractivity (Wildman–Crippen MR) is 134 cm³/mol. The van der Waals surface area contributed by atoms with Gasteiger partial charge < -0.3 is 9.47 Å². The number of benzene rings is 3. The molecule has 0 aromatic heterocycles. The van der Waals surface area contributed by atoms with Crippen molar-refractivity contribution in [2.75, 3.05) is 6.61 Å². The second kappa shape index (κ2) is 11.0. The van der Waals surface area contributed by atoms with Crippen molar-refractivity contribution in [3.8, 4) is 11.5 Å². The van der Waals surface area contributed by atoms with Gasteiger partial charge in [-0.2, -0.15) is 0 Å². The Balaban J connectivity index is 1.81. The second-order valence-electron chi connectivity index (χ2n) is 6.57. The lowest BCUT2D eigenvalue weighted by molar-refractivity contribution is 0.267. The Kier molecular flexibility index (Phi) is 8.42. The number of ether oxygens (including phenoxy) is 2. The van der Waals surface area contributed by atoms with E-state index in [4.69, 9.17) is 32.7 Å². The molecule has 0 unspecified atom stereocenters. The van der Waals surface area contributed by atoms with Crippen molar-refractivity contribution in [3.63, 3.8) is 0 Å². The van der Waals surface area contributed by atoms with Gasteiger partial charge in [0.05, 0.1) is 15.9 Å². The summed E-state index contributed by atoms with van der Waals surface area (Å²) in [5.41, 5.74) is 4.02. The normalized spacial score (nSPS) is 11.1. The Labute approximate surface area is 201 Å². The van der Waals surface area contributed by atoms with Gasteiger partial charge in [0.25, 0.3) is 0 Å². The first-order valence-electron chi connectivity index (χ1n) is 9.66. The molecule has 0 saturated carbocycles. The fourth-order valence-corrected chi connectivity index (χ4v) is 4.07. The molecule has 3 aromatic rings. The van der Waals surface area contributed by atoms with Gasteiger partial charge in [-0.1, -0.05) is 48.3 Å². The van der Waals surface area contributed by atoms with Crippen LogP contribution in [0.3, 0.4) is 0 Å². The third-order valence-corrected chi connectivity index (χ3v) is 5.81. The van der Waals surface area contributed by atoms with E-state index in [-0.39, 0.29) is 0 Å². The predicted octanol–water partition coefficient (Wildman–Crippen LogP) is 7.89. The molecule has 3 nitrogen and oxygen atoms in total. The van der Waals surface area contributed by atoms with Crippen LogP contribution in [-0.4, -0.2) is 12.8 Å². The summed E-state index contributed by atoms with van der Waals surface area (Å²) in [6, 6.07) is 17.6. The number of rotatable bonds is 8. The van der Waals surface area contributed by atoms with E-state index in [2.05, 4.69) is 46.6 Å². The van der Waals surface area contributed by atoms with Crippen molar-refractivity contribution in [3.05, 3.63) is 84.9 Å². The fourth-order valence-electron chi connectivity index (χ4n) is 2.82. The Hall–Kier alpha value is -1.76. The number of hydrogen-bond acceptors (Lipinski definition) is 3. The molecule has 0 amide bonds. The number of hydrogen-bond donors (Lipinski definition) is 0. The molecule has 0 fully saturated rings. The van der Waals surface area contributed by atoms with Gasteiger partial charge in [0.15, 0.2) is 11.5 Å². The Morgan fingerprint density at radius 1 is 0.967 bits per heavy atom. The lowest BCUT2D eigenvalue weighted by atomic mass is 10.1. The van der Waals surface area contributed by atoms with E-state index in [0.29, 0.717) is 34.8 Å². The number of aliphatic imine (C=N–C) groups is 1. The van der Waals surface area contributed by atoms with Crippen LogP contribution in [0.15, 0.2) is 59.6 Å². The summed E-state index contributed by atoms with van der Waals surface area (Å²) < 4.78 is 12.8. The SMILES string of the molecule is CCOc1cc(C=Nc2ccc(CC)cc2)cc(I)c1OCc1ccc(Cl)cc1Cl. The summed E-state index contributed by atoms with van der Waals surface area (Å²) in [5.74, 6) is 1.37. The average molecular weight is 554 g/mol. The molecule has 0 atom stereocenters. The lowest BCUT2D eigenvalue weighted by Crippen LogP contribution is -2.03. The molecule has 0 heterocycles. The summed E-state index contributed by atoms with van der Waals surface area (Å²) in [5, 5.41) is 1.18. The van der Waals surface area contributed by atoms with Crippen LogP contribution in [-0.2, 0) is 13.0 Å². The van der Waals surface area contributed by atoms with Crippen molar-refractivity contribution in [1.29, 1.82) is 0 Å². The molecule has 0 saturated heterocycles. The van der Waals surface area contributed by atoms with Crippen LogP contribution in [0.25, 0.3) is 0 Å². The molecule has 0 N–H and O–H groups in total. The number of halogens is 3. The van der Waals surface area contributed by atoms with Crippen molar-refractivity contribution in [2.45, 2.75) is 26.9 Å². The maximum atomic E-state index is 6.27. The Morgan fingerprint density at radius 2 is 1.73 bits per heavy atom. The zero-order valence-corrected chi connectivity index (χ0v) is 20.5. The first-order chi connectivity index (χ1) is 14.5. The largest absolute Gasteiger partial charge is 0.490 e. The van der Waals surface area contributed by atoms with Crippen molar-refractivity contribution in [2.24, 2.45) is 4.99 Å². The van der Waals surface area contributed by atoms with Crippen LogP contribution in [0.2, 0.25) is 10.0 Å². The lowest BCUT2D eigenvalue weighted by Gasteiger charge is -2.15. The maximum Gasteiger partial charge on any atom is 0.175 e. The van der Waals surface area contributed by atoms with Gasteiger partial charge >= 0.3 is 0 Å². The first kappa shape index (κ1) is 22.9. The smallest absolute Gasteiger partial charge is 0.175 e. The van der Waals surface area contributed by atoms with E-state index in [1.165, 1.54) is 5.56 Å². The molecule has 6 heteroatoms. The van der Waals surface area contributed by atoms with E-state index in [1.807, 2.05) is 43.5 Å². The van der Waals surface area contributed by atoms with Gasteiger partial charge in [0.1, 0.15) is 6.61 Å². The highest BCUT2D eigenvalue weighted by molar-refractivity contribution is 14.1. The molecule has 156 valence electrons. The number of nitrogens with zero attached hydrogens (tertiary/aromatic N) is 1. The third-order valence-electron chi connectivity index (χ3n) is 4.43. The standard InChI is InChI=1S/C24H22Cl2INO2/c1-3-16-5-9-20(10-6-16)28-14-17-11-22(27)24(23(12-17)29-4-2)30-15-18-7-8-19(25)13-21(18)26/h5-14H,3-4,15H2,1-2H3. The van der Waals surface area contributed by atoms with Crippen LogP contribution in [0, 0.1) is 3.57 Å². The molecule has 0 aliphatic carbocycles. The van der Waals surface area contributed by atoms with Crippen molar-refractivity contribution >= 4 is 57.7 Å². The molecular formula is C24H22Cl2INO2. The Bertz CT molecular complexity index is 1040. The van der Waals surface area contributed by atoms with E-state index in [9.17, 15) is 0 Å². The molecule has 3 aromatic carbocycles. The van der Waals surface area contributed by atoms with E-state index < -0.39 is 0 Å². The van der Waals surface area contributed by atoms with Gasteiger partial charge in [0.2, 0.25) is 0 Å². The minimum Gasteiger partial charge on any atom is -0.490 e. The van der Waals surface area contributed by atoms with E-state index in [0.717, 1.165) is 26.8 Å². The third kappa shape index (κ3) is 6.13. The molecule has 3 rings (SSSR count). The van der Waals surface area contributed by atoms with Gasteiger partial charge in [-0.3, -0.25) is 4.99 Å². The highest BCUT2D eigenvalue weighted by Gasteiger charge is 2.13. The van der Waals surface area contributed by atoms with Gasteiger partial charge in [-0.15, -0.1) is 0 Å². The quantitative estimate of drug-likeness (QED) is 0.210. The molecule has 0 radical (unpaired) electrons. The van der Waals surface area contributed by atoms with Gasteiger partial charge in [-0.05, 0) is 83.5 Å². The topological polar surface area (TPSA) is 30.8 Å². The fraction of sp³-hybridized carbons (Fsp3) is 0.208. The molecule has 0 spiro atoms. The van der Waals surface area contributed by atoms with Crippen molar-refractivity contribution in [1.82, 2.24) is 0 Å². The summed E-state index contributed by atoms with van der Waals surface area (Å²) >= 11 is 14.5. The highest BCUT2D eigenvalue weighted by Crippen LogP contribution is 2.35. The minimum atomic E-state index is 0.323. The van der Waals surface area contributed by atoms with Crippen LogP contribution in [0.4, 0.5) is 5.69 Å². The minimum absolute atomic E-state index is 0.323. The second-order valence-corrected chi connectivity index (χ2v) is 8.57. The summed E-state index contributed by atoms with van der Waals surface area (Å²) in [6.07, 6.45) is 2.86. The molecule has 0 aliphatic rings. The van der Waals surface area contributed by atoms with E-state index >= 15 is 0 Å². The zero-order valence-electron chi connectivity index (χ0n) is 16.8. The molecule has 30 heavy (non-hydrogen) atoms. The van der Waals surface area contributed by atoms with Gasteiger partial charge in [-0.25, -0.2) is 0 Å². The summed E-state index contributed by atoms with van der Waals surface area (Å²) in [7, 11) is 0. The van der Waals surface area contributed by atoms with E-state index in [1.54, 1.807) is 12.1 Å². The maximum absolute atomic E-state index is 6.27. The van der Waals surface area contributed by atoms with Crippen LogP contribution >= 0.6 is 45.8 Å². The molecule has 0 aliphatic heterocycles.